The average molecular weight is 207 g/mol. The van der Waals surface area contributed by atoms with Crippen LogP contribution in [0.1, 0.15) is 12.0 Å². The van der Waals surface area contributed by atoms with Gasteiger partial charge in [0.2, 0.25) is 0 Å². The van der Waals surface area contributed by atoms with E-state index in [-0.39, 0.29) is 6.03 Å². The van der Waals surface area contributed by atoms with Crippen LogP contribution >= 0.6 is 0 Å². The maximum absolute atomic E-state index is 11.2. The van der Waals surface area contributed by atoms with Crippen LogP contribution in [-0.2, 0) is 6.54 Å². The quantitative estimate of drug-likeness (QED) is 0.626. The maximum Gasteiger partial charge on any atom is 0.315 e. The summed E-state index contributed by atoms with van der Waals surface area (Å²) in [6.07, 6.45) is 0.804. The third-order valence-electron chi connectivity index (χ3n) is 1.96. The molecule has 0 heterocycles. The second-order valence-corrected chi connectivity index (χ2v) is 3.24. The Kier molecular flexibility index (Phi) is 5.25. The summed E-state index contributed by atoms with van der Waals surface area (Å²) in [6.45, 7) is 1.77. The second-order valence-electron chi connectivity index (χ2n) is 3.24. The Balaban J connectivity index is 2.17. The average Bonchev–Trinajstić information content (AvgIpc) is 2.28. The lowest BCUT2D eigenvalue weighted by Crippen LogP contribution is -2.36. The molecule has 2 amide bonds. The predicted octanol–water partition coefficient (Wildman–Crippen LogP) is 0.835. The molecule has 0 unspecified atom stereocenters. The molecular formula is C11H17N3O. The maximum atomic E-state index is 11.2. The molecule has 82 valence electrons. The van der Waals surface area contributed by atoms with E-state index in [4.69, 9.17) is 5.73 Å². The highest BCUT2D eigenvalue weighted by atomic mass is 16.2. The number of amides is 2. The molecular weight excluding hydrogens is 190 g/mol. The lowest BCUT2D eigenvalue weighted by molar-refractivity contribution is 0.240. The Morgan fingerprint density at radius 1 is 1.20 bits per heavy atom. The van der Waals surface area contributed by atoms with Crippen LogP contribution in [0.25, 0.3) is 0 Å². The molecule has 1 aromatic carbocycles. The molecule has 0 aliphatic heterocycles. The van der Waals surface area contributed by atoms with Crippen molar-refractivity contribution in [2.75, 3.05) is 13.1 Å². The van der Waals surface area contributed by atoms with Gasteiger partial charge in [0.25, 0.3) is 0 Å². The minimum atomic E-state index is -0.146. The van der Waals surface area contributed by atoms with E-state index in [2.05, 4.69) is 10.6 Å². The van der Waals surface area contributed by atoms with E-state index in [0.717, 1.165) is 12.0 Å². The molecule has 1 aromatic rings. The molecule has 0 aromatic heterocycles. The smallest absolute Gasteiger partial charge is 0.315 e. The molecule has 0 saturated heterocycles. The van der Waals surface area contributed by atoms with Gasteiger partial charge in [-0.15, -0.1) is 0 Å². The second kappa shape index (κ2) is 6.84. The first kappa shape index (κ1) is 11.5. The van der Waals surface area contributed by atoms with Crippen molar-refractivity contribution in [3.63, 3.8) is 0 Å². The molecule has 0 aliphatic carbocycles. The summed E-state index contributed by atoms with van der Waals surface area (Å²) in [5, 5.41) is 5.49. The molecule has 4 nitrogen and oxygen atoms in total. The van der Waals surface area contributed by atoms with Crippen LogP contribution in [0.5, 0.6) is 0 Å². The fourth-order valence-electron chi connectivity index (χ4n) is 1.14. The molecule has 0 radical (unpaired) electrons. The first-order chi connectivity index (χ1) is 7.33. The standard InChI is InChI=1S/C11H17N3O/c12-7-4-8-13-11(15)14-9-10-5-2-1-3-6-10/h1-3,5-6H,4,7-9,12H2,(H2,13,14,15). The van der Waals surface area contributed by atoms with Crippen molar-refractivity contribution < 1.29 is 4.79 Å². The normalized spacial score (nSPS) is 9.67. The first-order valence-electron chi connectivity index (χ1n) is 5.08. The van der Waals surface area contributed by atoms with Crippen molar-refractivity contribution >= 4 is 6.03 Å². The minimum Gasteiger partial charge on any atom is -0.338 e. The van der Waals surface area contributed by atoms with E-state index in [0.29, 0.717) is 19.6 Å². The predicted molar refractivity (Wildman–Crippen MR) is 60.4 cm³/mol. The van der Waals surface area contributed by atoms with Crippen LogP contribution in [0, 0.1) is 0 Å². The molecule has 0 bridgehead atoms. The van der Waals surface area contributed by atoms with Gasteiger partial charge in [-0.1, -0.05) is 30.3 Å². The summed E-state index contributed by atoms with van der Waals surface area (Å²) >= 11 is 0. The van der Waals surface area contributed by atoms with Gasteiger partial charge in [-0.2, -0.15) is 0 Å². The first-order valence-corrected chi connectivity index (χ1v) is 5.08. The lowest BCUT2D eigenvalue weighted by Gasteiger charge is -2.06. The number of benzene rings is 1. The summed E-state index contributed by atoms with van der Waals surface area (Å²) < 4.78 is 0. The fraction of sp³-hybridized carbons (Fsp3) is 0.364. The van der Waals surface area contributed by atoms with Crippen molar-refractivity contribution in [1.29, 1.82) is 0 Å². The summed E-state index contributed by atoms with van der Waals surface area (Å²) in [4.78, 5) is 11.2. The van der Waals surface area contributed by atoms with Crippen LogP contribution in [-0.4, -0.2) is 19.1 Å². The van der Waals surface area contributed by atoms with Crippen molar-refractivity contribution in [2.24, 2.45) is 5.73 Å². The van der Waals surface area contributed by atoms with Gasteiger partial charge < -0.3 is 16.4 Å². The third kappa shape index (κ3) is 5.02. The van der Waals surface area contributed by atoms with Gasteiger partial charge in [0.1, 0.15) is 0 Å². The monoisotopic (exact) mass is 207 g/mol. The SMILES string of the molecule is NCCCNC(=O)NCc1ccccc1. The molecule has 0 aliphatic rings. The van der Waals surface area contributed by atoms with Gasteiger partial charge in [-0.3, -0.25) is 0 Å². The summed E-state index contributed by atoms with van der Waals surface area (Å²) in [5.74, 6) is 0. The van der Waals surface area contributed by atoms with E-state index in [1.807, 2.05) is 30.3 Å². The Morgan fingerprint density at radius 3 is 2.60 bits per heavy atom. The van der Waals surface area contributed by atoms with Crippen molar-refractivity contribution in [2.45, 2.75) is 13.0 Å². The van der Waals surface area contributed by atoms with Gasteiger partial charge >= 0.3 is 6.03 Å². The zero-order valence-electron chi connectivity index (χ0n) is 8.70. The van der Waals surface area contributed by atoms with Crippen LogP contribution < -0.4 is 16.4 Å². The van der Waals surface area contributed by atoms with Crippen molar-refractivity contribution in [3.8, 4) is 0 Å². The van der Waals surface area contributed by atoms with Gasteiger partial charge in [0, 0.05) is 13.1 Å². The number of hydrogen-bond donors (Lipinski definition) is 3. The fourth-order valence-corrected chi connectivity index (χ4v) is 1.14. The number of carbonyl (C=O) groups is 1. The lowest BCUT2D eigenvalue weighted by atomic mass is 10.2. The van der Waals surface area contributed by atoms with E-state index in [1.165, 1.54) is 0 Å². The summed E-state index contributed by atoms with van der Waals surface area (Å²) in [7, 11) is 0. The topological polar surface area (TPSA) is 67.1 Å². The number of rotatable bonds is 5. The minimum absolute atomic E-state index is 0.146. The Labute approximate surface area is 89.9 Å². The number of nitrogens with two attached hydrogens (primary N) is 1. The van der Waals surface area contributed by atoms with Crippen molar-refractivity contribution in [3.05, 3.63) is 35.9 Å². The van der Waals surface area contributed by atoms with Gasteiger partial charge in [0.05, 0.1) is 0 Å². The summed E-state index contributed by atoms with van der Waals surface area (Å²) in [6, 6.07) is 9.64. The molecule has 4 N–H and O–H groups in total. The zero-order chi connectivity index (χ0) is 10.9. The largest absolute Gasteiger partial charge is 0.338 e. The molecule has 0 saturated carbocycles. The number of carbonyl (C=O) groups excluding carboxylic acids is 1. The Morgan fingerprint density at radius 2 is 1.93 bits per heavy atom. The highest BCUT2D eigenvalue weighted by Gasteiger charge is 1.98. The Hall–Kier alpha value is -1.55. The highest BCUT2D eigenvalue weighted by Crippen LogP contribution is 1.96. The number of nitrogens with one attached hydrogen (secondary N) is 2. The van der Waals surface area contributed by atoms with Crippen LogP contribution in [0.2, 0.25) is 0 Å². The summed E-state index contributed by atoms with van der Waals surface area (Å²) in [5.41, 5.74) is 6.40. The zero-order valence-corrected chi connectivity index (χ0v) is 8.70. The third-order valence-corrected chi connectivity index (χ3v) is 1.96. The molecule has 15 heavy (non-hydrogen) atoms. The van der Waals surface area contributed by atoms with E-state index >= 15 is 0 Å². The van der Waals surface area contributed by atoms with E-state index in [9.17, 15) is 4.79 Å². The van der Waals surface area contributed by atoms with E-state index in [1.54, 1.807) is 0 Å². The van der Waals surface area contributed by atoms with E-state index < -0.39 is 0 Å². The van der Waals surface area contributed by atoms with Crippen LogP contribution in [0.15, 0.2) is 30.3 Å². The number of hydrogen-bond acceptors (Lipinski definition) is 2. The Bertz CT molecular complexity index is 287. The van der Waals surface area contributed by atoms with Gasteiger partial charge in [-0.25, -0.2) is 4.79 Å². The number of urea groups is 1. The molecule has 0 spiro atoms. The molecule has 0 atom stereocenters. The molecule has 4 heteroatoms. The van der Waals surface area contributed by atoms with Crippen molar-refractivity contribution in [1.82, 2.24) is 10.6 Å². The molecule has 1 rings (SSSR count). The highest BCUT2D eigenvalue weighted by molar-refractivity contribution is 5.73. The van der Waals surface area contributed by atoms with Crippen LogP contribution in [0.3, 0.4) is 0 Å². The molecule has 0 fully saturated rings. The van der Waals surface area contributed by atoms with Gasteiger partial charge in [0.15, 0.2) is 0 Å². The van der Waals surface area contributed by atoms with Crippen LogP contribution in [0.4, 0.5) is 4.79 Å². The van der Waals surface area contributed by atoms with Gasteiger partial charge in [-0.05, 0) is 18.5 Å².